The van der Waals surface area contributed by atoms with Gasteiger partial charge in [0, 0.05) is 27.2 Å². The van der Waals surface area contributed by atoms with E-state index in [1.807, 2.05) is 27.8 Å². The van der Waals surface area contributed by atoms with Crippen LogP contribution in [0.1, 0.15) is 26.6 Å². The third-order valence-electron chi connectivity index (χ3n) is 2.53. The van der Waals surface area contributed by atoms with E-state index in [0.717, 1.165) is 5.82 Å². The lowest BCUT2D eigenvalue weighted by molar-refractivity contribution is 0.0529. The van der Waals surface area contributed by atoms with Crippen LogP contribution in [-0.2, 0) is 18.3 Å². The Morgan fingerprint density at radius 2 is 1.96 bits per heavy atom. The second kappa shape index (κ2) is 10.2. The molecular formula is C13H26IN7O2. The second-order valence-corrected chi connectivity index (χ2v) is 5.58. The van der Waals surface area contributed by atoms with Gasteiger partial charge in [0.25, 0.3) is 0 Å². The van der Waals surface area contributed by atoms with Gasteiger partial charge in [-0.3, -0.25) is 9.67 Å². The summed E-state index contributed by atoms with van der Waals surface area (Å²) in [5.41, 5.74) is -0.495. The monoisotopic (exact) mass is 439 g/mol. The van der Waals surface area contributed by atoms with Crippen LogP contribution in [0.25, 0.3) is 0 Å². The lowest BCUT2D eigenvalue weighted by Gasteiger charge is -2.19. The van der Waals surface area contributed by atoms with E-state index in [1.165, 1.54) is 6.33 Å². The van der Waals surface area contributed by atoms with Gasteiger partial charge in [-0.15, -0.1) is 24.0 Å². The lowest BCUT2D eigenvalue weighted by Crippen LogP contribution is -2.42. The van der Waals surface area contributed by atoms with E-state index in [9.17, 15) is 4.79 Å². The van der Waals surface area contributed by atoms with Crippen LogP contribution in [0.5, 0.6) is 0 Å². The predicted octanol–water partition coefficient (Wildman–Crippen LogP) is 0.623. The Morgan fingerprint density at radius 1 is 1.30 bits per heavy atom. The van der Waals surface area contributed by atoms with Crippen molar-refractivity contribution in [3.63, 3.8) is 0 Å². The highest BCUT2D eigenvalue weighted by atomic mass is 127. The summed E-state index contributed by atoms with van der Waals surface area (Å²) in [4.78, 5) is 19.7. The van der Waals surface area contributed by atoms with Crippen molar-refractivity contribution in [2.45, 2.75) is 32.9 Å². The Kier molecular flexibility index (Phi) is 9.53. The number of alkyl carbamates (subject to hydrolysis) is 1. The van der Waals surface area contributed by atoms with E-state index in [-0.39, 0.29) is 24.0 Å². The Bertz CT molecular complexity index is 511. The van der Waals surface area contributed by atoms with Gasteiger partial charge >= 0.3 is 6.09 Å². The van der Waals surface area contributed by atoms with Crippen molar-refractivity contribution in [1.82, 2.24) is 30.7 Å². The third kappa shape index (κ3) is 9.21. The molecule has 23 heavy (non-hydrogen) atoms. The van der Waals surface area contributed by atoms with Crippen molar-refractivity contribution in [2.24, 2.45) is 12.0 Å². The Labute approximate surface area is 153 Å². The fourth-order valence-corrected chi connectivity index (χ4v) is 1.52. The average Bonchev–Trinajstić information content (AvgIpc) is 2.81. The van der Waals surface area contributed by atoms with Crippen molar-refractivity contribution in [3.05, 3.63) is 12.2 Å². The molecule has 0 aromatic carbocycles. The number of hydrogen-bond acceptors (Lipinski definition) is 5. The smallest absolute Gasteiger partial charge is 0.407 e. The number of hydrogen-bond donors (Lipinski definition) is 3. The maximum absolute atomic E-state index is 11.5. The zero-order valence-electron chi connectivity index (χ0n) is 14.2. The molecule has 0 bridgehead atoms. The van der Waals surface area contributed by atoms with Crippen LogP contribution in [0.2, 0.25) is 0 Å². The molecule has 0 unspecified atom stereocenters. The van der Waals surface area contributed by atoms with Crippen LogP contribution in [0, 0.1) is 0 Å². The number of aliphatic imine (C=N–C) groups is 1. The maximum atomic E-state index is 11.5. The first kappa shape index (κ1) is 21.4. The quantitative estimate of drug-likeness (QED) is 0.269. The molecule has 3 N–H and O–H groups in total. The molecule has 0 spiro atoms. The number of guanidine groups is 1. The number of aryl methyl sites for hydroxylation is 1. The number of nitrogens with one attached hydrogen (secondary N) is 3. The van der Waals surface area contributed by atoms with Crippen LogP contribution in [0.4, 0.5) is 4.79 Å². The molecule has 9 nitrogen and oxygen atoms in total. The van der Waals surface area contributed by atoms with E-state index in [1.54, 1.807) is 11.7 Å². The molecule has 0 saturated heterocycles. The standard InChI is InChI=1S/C13H25N7O2.HI/c1-13(2,3)22-12(21)16-7-6-15-11(14-4)17-8-10-18-9-19-20(10)5;/h9H,6-8H2,1-5H3,(H,16,21)(H2,14,15,17);1H. The number of aromatic nitrogens is 3. The molecule has 1 amide bonds. The number of halogens is 1. The third-order valence-corrected chi connectivity index (χ3v) is 2.53. The zero-order valence-corrected chi connectivity index (χ0v) is 16.5. The van der Waals surface area contributed by atoms with Crippen LogP contribution >= 0.6 is 24.0 Å². The van der Waals surface area contributed by atoms with Crippen LogP contribution in [0.3, 0.4) is 0 Å². The first-order valence-corrected chi connectivity index (χ1v) is 7.06. The van der Waals surface area contributed by atoms with E-state index in [2.05, 4.69) is 31.0 Å². The van der Waals surface area contributed by atoms with Gasteiger partial charge in [-0.2, -0.15) is 5.10 Å². The molecule has 0 fully saturated rings. The Morgan fingerprint density at radius 3 is 2.48 bits per heavy atom. The summed E-state index contributed by atoms with van der Waals surface area (Å²) in [5.74, 6) is 1.42. The summed E-state index contributed by atoms with van der Waals surface area (Å²) in [7, 11) is 3.50. The van der Waals surface area contributed by atoms with Gasteiger partial charge in [-0.1, -0.05) is 0 Å². The van der Waals surface area contributed by atoms with Crippen LogP contribution in [0.15, 0.2) is 11.3 Å². The number of carbonyl (C=O) groups excluding carboxylic acids is 1. The van der Waals surface area contributed by atoms with Gasteiger partial charge in [-0.05, 0) is 20.8 Å². The Hall–Kier alpha value is -1.59. The highest BCUT2D eigenvalue weighted by molar-refractivity contribution is 14.0. The predicted molar refractivity (Wildman–Crippen MR) is 98.9 cm³/mol. The molecule has 10 heteroatoms. The number of nitrogens with zero attached hydrogens (tertiary/aromatic N) is 4. The fraction of sp³-hybridized carbons (Fsp3) is 0.692. The molecular weight excluding hydrogens is 413 g/mol. The summed E-state index contributed by atoms with van der Waals surface area (Å²) in [6.07, 6.45) is 1.06. The highest BCUT2D eigenvalue weighted by Gasteiger charge is 2.15. The number of rotatable bonds is 5. The second-order valence-electron chi connectivity index (χ2n) is 5.58. The zero-order chi connectivity index (χ0) is 16.6. The molecule has 1 aromatic heterocycles. The average molecular weight is 439 g/mol. The van der Waals surface area contributed by atoms with Gasteiger partial charge < -0.3 is 20.7 Å². The normalized spacial score (nSPS) is 11.4. The molecule has 0 atom stereocenters. The molecule has 132 valence electrons. The van der Waals surface area contributed by atoms with Gasteiger partial charge in [0.1, 0.15) is 17.8 Å². The summed E-state index contributed by atoms with van der Waals surface area (Å²) in [6, 6.07) is 0. The fourth-order valence-electron chi connectivity index (χ4n) is 1.52. The van der Waals surface area contributed by atoms with E-state index < -0.39 is 11.7 Å². The van der Waals surface area contributed by atoms with Gasteiger partial charge in [0.2, 0.25) is 0 Å². The van der Waals surface area contributed by atoms with Crippen LogP contribution in [-0.4, -0.2) is 52.6 Å². The van der Waals surface area contributed by atoms with Crippen LogP contribution < -0.4 is 16.0 Å². The largest absolute Gasteiger partial charge is 0.444 e. The number of amides is 1. The Balaban J connectivity index is 0.00000484. The maximum Gasteiger partial charge on any atom is 0.407 e. The van der Waals surface area contributed by atoms with Crippen molar-refractivity contribution < 1.29 is 9.53 Å². The van der Waals surface area contributed by atoms with Crippen molar-refractivity contribution >= 4 is 36.0 Å². The highest BCUT2D eigenvalue weighted by Crippen LogP contribution is 2.05. The molecule has 0 aliphatic carbocycles. The van der Waals surface area contributed by atoms with Crippen molar-refractivity contribution in [1.29, 1.82) is 0 Å². The first-order chi connectivity index (χ1) is 10.3. The minimum absolute atomic E-state index is 0. The first-order valence-electron chi connectivity index (χ1n) is 7.06. The SMILES string of the molecule is CN=C(NCCNC(=O)OC(C)(C)C)NCc1ncnn1C.I. The summed E-state index contributed by atoms with van der Waals surface area (Å²) in [6.45, 7) is 6.93. The van der Waals surface area contributed by atoms with Gasteiger partial charge in [0.15, 0.2) is 5.96 Å². The van der Waals surface area contributed by atoms with Crippen molar-refractivity contribution in [3.8, 4) is 0 Å². The van der Waals surface area contributed by atoms with Crippen molar-refractivity contribution in [2.75, 3.05) is 20.1 Å². The van der Waals surface area contributed by atoms with Gasteiger partial charge in [0.05, 0.1) is 6.54 Å². The minimum atomic E-state index is -0.495. The molecule has 0 aliphatic heterocycles. The molecule has 0 aliphatic rings. The topological polar surface area (TPSA) is 105 Å². The summed E-state index contributed by atoms with van der Waals surface area (Å²) < 4.78 is 6.82. The minimum Gasteiger partial charge on any atom is -0.444 e. The van der Waals surface area contributed by atoms with E-state index >= 15 is 0 Å². The molecule has 1 aromatic rings. The summed E-state index contributed by atoms with van der Waals surface area (Å²) in [5, 5.41) is 12.8. The van der Waals surface area contributed by atoms with Gasteiger partial charge in [-0.25, -0.2) is 9.78 Å². The van der Waals surface area contributed by atoms with E-state index in [0.29, 0.717) is 25.6 Å². The number of carbonyl (C=O) groups is 1. The lowest BCUT2D eigenvalue weighted by atomic mass is 10.2. The molecule has 1 heterocycles. The van der Waals surface area contributed by atoms with E-state index in [4.69, 9.17) is 4.74 Å². The molecule has 1 rings (SSSR count). The summed E-state index contributed by atoms with van der Waals surface area (Å²) >= 11 is 0. The molecule has 0 saturated carbocycles. The number of ether oxygens (including phenoxy) is 1. The molecule has 0 radical (unpaired) electrons.